The number of carbonyl (C=O) groups is 1. The van der Waals surface area contributed by atoms with Gasteiger partial charge in [0.25, 0.3) is 0 Å². The largest absolute Gasteiger partial charge is 0.478 e. The van der Waals surface area contributed by atoms with Crippen LogP contribution in [0, 0.1) is 11.6 Å². The number of benzene rings is 2. The van der Waals surface area contributed by atoms with Gasteiger partial charge in [0.2, 0.25) is 0 Å². The Balaban J connectivity index is 2.97. The summed E-state index contributed by atoms with van der Waals surface area (Å²) >= 11 is 0. The first kappa shape index (κ1) is 9.58. The van der Waals surface area contributed by atoms with E-state index in [0.29, 0.717) is 5.39 Å². The summed E-state index contributed by atoms with van der Waals surface area (Å²) in [6, 6.07) is 6.45. The molecule has 4 heteroatoms. The molecular weight excluding hydrogens is 202 g/mol. The number of fused-ring (bicyclic) bond motifs is 1. The van der Waals surface area contributed by atoms with Crippen LogP contribution >= 0.6 is 0 Å². The Kier molecular flexibility index (Phi) is 2.11. The summed E-state index contributed by atoms with van der Waals surface area (Å²) in [5, 5.41) is 8.96. The van der Waals surface area contributed by atoms with Gasteiger partial charge in [0, 0.05) is 5.39 Å². The van der Waals surface area contributed by atoms with Crippen molar-refractivity contribution in [3.05, 3.63) is 47.5 Å². The van der Waals surface area contributed by atoms with Crippen LogP contribution in [0.4, 0.5) is 8.78 Å². The van der Waals surface area contributed by atoms with Gasteiger partial charge in [-0.2, -0.15) is 0 Å². The molecule has 2 aromatic carbocycles. The zero-order valence-electron chi connectivity index (χ0n) is 7.50. The molecule has 0 unspecified atom stereocenters. The molecule has 0 heterocycles. The van der Waals surface area contributed by atoms with Gasteiger partial charge >= 0.3 is 5.97 Å². The smallest absolute Gasteiger partial charge is 0.339 e. The van der Waals surface area contributed by atoms with E-state index >= 15 is 0 Å². The molecule has 0 aliphatic heterocycles. The average Bonchev–Trinajstić information content (AvgIpc) is 2.18. The number of halogens is 2. The molecule has 2 rings (SSSR count). The summed E-state index contributed by atoms with van der Waals surface area (Å²) in [6.07, 6.45) is 0. The number of aromatic carboxylic acids is 1. The van der Waals surface area contributed by atoms with E-state index in [9.17, 15) is 13.6 Å². The first-order valence-corrected chi connectivity index (χ1v) is 4.21. The summed E-state index contributed by atoms with van der Waals surface area (Å²) in [5.74, 6) is -3.13. The van der Waals surface area contributed by atoms with Crippen molar-refractivity contribution in [3.8, 4) is 0 Å². The monoisotopic (exact) mass is 208 g/mol. The molecule has 0 aliphatic rings. The molecule has 0 bridgehead atoms. The predicted octanol–water partition coefficient (Wildman–Crippen LogP) is 2.82. The van der Waals surface area contributed by atoms with Crippen LogP contribution in [0.5, 0.6) is 0 Å². The standard InChI is InChI=1S/C11H6F2O2/c12-7-3-1-2-6-4-5-8(13)10(9(6)7)11(14)15/h1-5H,(H,14,15). The molecule has 0 atom stereocenters. The fraction of sp³-hybridized carbons (Fsp3) is 0. The molecule has 15 heavy (non-hydrogen) atoms. The highest BCUT2D eigenvalue weighted by atomic mass is 19.1. The van der Waals surface area contributed by atoms with Crippen LogP contribution in [-0.2, 0) is 0 Å². The molecule has 2 nitrogen and oxygen atoms in total. The maximum Gasteiger partial charge on any atom is 0.339 e. The van der Waals surface area contributed by atoms with Gasteiger partial charge in [-0.1, -0.05) is 18.2 Å². The quantitative estimate of drug-likeness (QED) is 0.782. The molecule has 0 radical (unpaired) electrons. The lowest BCUT2D eigenvalue weighted by Crippen LogP contribution is -2.02. The Hall–Kier alpha value is -1.97. The maximum atomic E-state index is 13.4. The Morgan fingerprint density at radius 1 is 1.07 bits per heavy atom. The van der Waals surface area contributed by atoms with Crippen LogP contribution in [0.25, 0.3) is 10.8 Å². The normalized spacial score (nSPS) is 10.5. The van der Waals surface area contributed by atoms with Gasteiger partial charge in [0.05, 0.1) is 0 Å². The Morgan fingerprint density at radius 3 is 2.47 bits per heavy atom. The first-order valence-electron chi connectivity index (χ1n) is 4.21. The predicted molar refractivity (Wildman–Crippen MR) is 50.8 cm³/mol. The van der Waals surface area contributed by atoms with Crippen molar-refractivity contribution in [1.82, 2.24) is 0 Å². The Morgan fingerprint density at radius 2 is 1.80 bits per heavy atom. The van der Waals surface area contributed by atoms with Gasteiger partial charge in [-0.25, -0.2) is 13.6 Å². The zero-order valence-corrected chi connectivity index (χ0v) is 7.50. The van der Waals surface area contributed by atoms with Crippen molar-refractivity contribution in [2.45, 2.75) is 0 Å². The number of carboxylic acid groups (broad SMARTS) is 1. The summed E-state index contributed by atoms with van der Waals surface area (Å²) < 4.78 is 26.6. The topological polar surface area (TPSA) is 37.3 Å². The molecule has 2 aromatic rings. The van der Waals surface area contributed by atoms with E-state index in [1.54, 1.807) is 0 Å². The van der Waals surface area contributed by atoms with E-state index in [-0.39, 0.29) is 5.39 Å². The van der Waals surface area contributed by atoms with E-state index in [1.807, 2.05) is 0 Å². The Labute approximate surface area is 83.8 Å². The highest BCUT2D eigenvalue weighted by Crippen LogP contribution is 2.24. The van der Waals surface area contributed by atoms with Crippen LogP contribution < -0.4 is 0 Å². The number of carboxylic acids is 1. The van der Waals surface area contributed by atoms with Crippen molar-refractivity contribution >= 4 is 16.7 Å². The SMILES string of the molecule is O=C(O)c1c(F)ccc2cccc(F)c12. The number of hydrogen-bond donors (Lipinski definition) is 1. The molecule has 1 N–H and O–H groups in total. The molecule has 0 spiro atoms. The molecule has 0 aromatic heterocycles. The Bertz CT molecular complexity index is 550. The second-order valence-corrected chi connectivity index (χ2v) is 3.07. The summed E-state index contributed by atoms with van der Waals surface area (Å²) in [5.41, 5.74) is -0.620. The molecule has 0 amide bonds. The minimum Gasteiger partial charge on any atom is -0.478 e. The fourth-order valence-electron chi connectivity index (χ4n) is 1.52. The molecule has 0 saturated heterocycles. The van der Waals surface area contributed by atoms with Gasteiger partial charge in [0.1, 0.15) is 17.2 Å². The number of rotatable bonds is 1. The fourth-order valence-corrected chi connectivity index (χ4v) is 1.52. The summed E-state index contributed by atoms with van der Waals surface area (Å²) in [4.78, 5) is 10.8. The third kappa shape index (κ3) is 1.44. The van der Waals surface area contributed by atoms with Crippen LogP contribution in [0.15, 0.2) is 30.3 Å². The van der Waals surface area contributed by atoms with Gasteiger partial charge in [0.15, 0.2) is 0 Å². The van der Waals surface area contributed by atoms with Gasteiger partial charge in [-0.15, -0.1) is 0 Å². The minimum absolute atomic E-state index is 0.190. The molecule has 76 valence electrons. The highest BCUT2D eigenvalue weighted by Gasteiger charge is 2.17. The van der Waals surface area contributed by atoms with E-state index in [1.165, 1.54) is 18.2 Å². The van der Waals surface area contributed by atoms with E-state index < -0.39 is 23.2 Å². The summed E-state index contributed by atoms with van der Waals surface area (Å²) in [7, 11) is 0. The molecular formula is C11H6F2O2. The lowest BCUT2D eigenvalue weighted by molar-refractivity contribution is 0.0694. The van der Waals surface area contributed by atoms with Crippen LogP contribution in [0.1, 0.15) is 10.4 Å². The minimum atomic E-state index is -1.47. The van der Waals surface area contributed by atoms with Crippen LogP contribution in [0.2, 0.25) is 0 Å². The maximum absolute atomic E-state index is 13.4. The van der Waals surface area contributed by atoms with Crippen LogP contribution in [-0.4, -0.2) is 11.1 Å². The van der Waals surface area contributed by atoms with Crippen molar-refractivity contribution in [2.24, 2.45) is 0 Å². The van der Waals surface area contributed by atoms with E-state index in [4.69, 9.17) is 5.11 Å². The average molecular weight is 208 g/mol. The van der Waals surface area contributed by atoms with Crippen molar-refractivity contribution in [3.63, 3.8) is 0 Å². The number of hydrogen-bond acceptors (Lipinski definition) is 1. The van der Waals surface area contributed by atoms with Gasteiger partial charge in [-0.05, 0) is 17.5 Å². The zero-order chi connectivity index (χ0) is 11.0. The van der Waals surface area contributed by atoms with Gasteiger partial charge < -0.3 is 5.11 Å². The van der Waals surface area contributed by atoms with Crippen molar-refractivity contribution < 1.29 is 18.7 Å². The van der Waals surface area contributed by atoms with Gasteiger partial charge in [-0.3, -0.25) is 0 Å². The second-order valence-electron chi connectivity index (χ2n) is 3.07. The van der Waals surface area contributed by atoms with E-state index in [2.05, 4.69) is 0 Å². The molecule has 0 fully saturated rings. The molecule has 0 saturated carbocycles. The van der Waals surface area contributed by atoms with Crippen molar-refractivity contribution in [2.75, 3.05) is 0 Å². The summed E-state index contributed by atoms with van der Waals surface area (Å²) in [6.45, 7) is 0. The van der Waals surface area contributed by atoms with E-state index in [0.717, 1.165) is 12.1 Å². The third-order valence-electron chi connectivity index (χ3n) is 2.16. The molecule has 0 aliphatic carbocycles. The lowest BCUT2D eigenvalue weighted by Gasteiger charge is -2.04. The van der Waals surface area contributed by atoms with Crippen LogP contribution in [0.3, 0.4) is 0 Å². The lowest BCUT2D eigenvalue weighted by atomic mass is 10.0. The first-order chi connectivity index (χ1) is 7.11. The van der Waals surface area contributed by atoms with Crippen molar-refractivity contribution in [1.29, 1.82) is 0 Å². The third-order valence-corrected chi connectivity index (χ3v) is 2.16. The highest BCUT2D eigenvalue weighted by molar-refractivity contribution is 6.04. The second kappa shape index (κ2) is 3.31.